The highest BCUT2D eigenvalue weighted by Crippen LogP contribution is 2.14. The summed E-state index contributed by atoms with van der Waals surface area (Å²) in [6.07, 6.45) is 1.51. The lowest BCUT2D eigenvalue weighted by Crippen LogP contribution is -2.33. The molecule has 0 aromatic rings. The van der Waals surface area contributed by atoms with Crippen LogP contribution in [-0.2, 0) is 4.74 Å². The fourth-order valence-corrected chi connectivity index (χ4v) is 0.891. The van der Waals surface area contributed by atoms with Crippen molar-refractivity contribution in [2.75, 3.05) is 26.8 Å². The van der Waals surface area contributed by atoms with Gasteiger partial charge in [-0.25, -0.2) is 0 Å². The molecule has 0 aromatic carbocycles. The number of ether oxygens (including phenoxy) is 1. The van der Waals surface area contributed by atoms with Crippen molar-refractivity contribution in [1.29, 1.82) is 0 Å². The second-order valence-electron chi connectivity index (χ2n) is 3.09. The molecule has 0 aromatic heterocycles. The van der Waals surface area contributed by atoms with Gasteiger partial charge in [-0.05, 0) is 19.9 Å². The average molecular weight is 175 g/mol. The van der Waals surface area contributed by atoms with Crippen LogP contribution in [0, 0.1) is 0 Å². The quantitative estimate of drug-likeness (QED) is 0.562. The minimum Gasteiger partial charge on any atom is -0.388 e. The van der Waals surface area contributed by atoms with Crippen molar-refractivity contribution < 1.29 is 9.84 Å². The van der Waals surface area contributed by atoms with Crippen LogP contribution in [0.4, 0.5) is 0 Å². The van der Waals surface area contributed by atoms with E-state index < -0.39 is 5.60 Å². The molecule has 0 saturated heterocycles. The summed E-state index contributed by atoms with van der Waals surface area (Å²) in [5.41, 5.74) is -0.617. The highest BCUT2D eigenvalue weighted by molar-refractivity contribution is 4.73. The Hall–Kier alpha value is -0.120. The molecule has 12 heavy (non-hydrogen) atoms. The third-order valence-electron chi connectivity index (χ3n) is 2.18. The van der Waals surface area contributed by atoms with Gasteiger partial charge in [-0.15, -0.1) is 0 Å². The van der Waals surface area contributed by atoms with Crippen LogP contribution in [0.3, 0.4) is 0 Å². The molecule has 0 spiro atoms. The molecular formula is C9H21NO2. The molecule has 0 unspecified atom stereocenters. The summed E-state index contributed by atoms with van der Waals surface area (Å²) >= 11 is 0. The fraction of sp³-hybridized carbons (Fsp3) is 1.00. The predicted molar refractivity (Wildman–Crippen MR) is 50.3 cm³/mol. The van der Waals surface area contributed by atoms with Crippen molar-refractivity contribution in [3.63, 3.8) is 0 Å². The molecule has 3 heteroatoms. The maximum absolute atomic E-state index is 9.78. The van der Waals surface area contributed by atoms with Crippen molar-refractivity contribution in [1.82, 2.24) is 5.32 Å². The van der Waals surface area contributed by atoms with Crippen molar-refractivity contribution >= 4 is 0 Å². The van der Waals surface area contributed by atoms with Crippen LogP contribution >= 0.6 is 0 Å². The Morgan fingerprint density at radius 2 is 1.92 bits per heavy atom. The third kappa shape index (κ3) is 4.70. The van der Waals surface area contributed by atoms with Crippen molar-refractivity contribution in [3.05, 3.63) is 0 Å². The van der Waals surface area contributed by atoms with Gasteiger partial charge in [0.15, 0.2) is 0 Å². The third-order valence-corrected chi connectivity index (χ3v) is 2.18. The van der Waals surface area contributed by atoms with Crippen LogP contribution in [-0.4, -0.2) is 37.5 Å². The van der Waals surface area contributed by atoms with Crippen molar-refractivity contribution in [2.45, 2.75) is 32.3 Å². The summed E-state index contributed by atoms with van der Waals surface area (Å²) < 4.78 is 5.31. The summed E-state index contributed by atoms with van der Waals surface area (Å²) in [4.78, 5) is 0. The van der Waals surface area contributed by atoms with E-state index in [9.17, 15) is 5.11 Å². The SMILES string of the molecule is CCC(O)(CC)COCCNC. The molecule has 0 fully saturated rings. The van der Waals surface area contributed by atoms with E-state index >= 15 is 0 Å². The van der Waals surface area contributed by atoms with E-state index in [0.29, 0.717) is 13.2 Å². The predicted octanol–water partition coefficient (Wildman–Crippen LogP) is 0.773. The summed E-state index contributed by atoms with van der Waals surface area (Å²) in [6.45, 7) is 5.90. The van der Waals surface area contributed by atoms with E-state index in [1.54, 1.807) is 0 Å². The van der Waals surface area contributed by atoms with Crippen molar-refractivity contribution in [2.24, 2.45) is 0 Å². The lowest BCUT2D eigenvalue weighted by atomic mass is 9.99. The van der Waals surface area contributed by atoms with Gasteiger partial charge in [0, 0.05) is 6.54 Å². The molecule has 0 heterocycles. The molecule has 0 aliphatic heterocycles. The van der Waals surface area contributed by atoms with Crippen LogP contribution in [0.15, 0.2) is 0 Å². The Bertz CT molecular complexity index is 103. The minimum absolute atomic E-state index is 0.446. The fourth-order valence-electron chi connectivity index (χ4n) is 0.891. The number of hydrogen-bond donors (Lipinski definition) is 2. The molecule has 2 N–H and O–H groups in total. The first kappa shape index (κ1) is 11.9. The molecule has 0 aliphatic rings. The Kier molecular flexibility index (Phi) is 6.34. The van der Waals surface area contributed by atoms with Crippen molar-refractivity contribution in [3.8, 4) is 0 Å². The molecule has 3 nitrogen and oxygen atoms in total. The smallest absolute Gasteiger partial charge is 0.0874 e. The second-order valence-corrected chi connectivity index (χ2v) is 3.09. The van der Waals surface area contributed by atoms with E-state index in [1.165, 1.54) is 0 Å². The molecule has 0 amide bonds. The number of aliphatic hydroxyl groups is 1. The zero-order valence-electron chi connectivity index (χ0n) is 8.39. The van der Waals surface area contributed by atoms with Gasteiger partial charge in [-0.1, -0.05) is 13.8 Å². The molecule has 0 radical (unpaired) electrons. The zero-order valence-corrected chi connectivity index (χ0v) is 8.39. The summed E-state index contributed by atoms with van der Waals surface area (Å²) in [5.74, 6) is 0. The first-order chi connectivity index (χ1) is 5.68. The second kappa shape index (κ2) is 6.40. The summed E-state index contributed by atoms with van der Waals surface area (Å²) in [7, 11) is 1.88. The van der Waals surface area contributed by atoms with Crippen LogP contribution in [0.25, 0.3) is 0 Å². The van der Waals surface area contributed by atoms with Crippen LogP contribution < -0.4 is 5.32 Å². The van der Waals surface area contributed by atoms with Gasteiger partial charge in [-0.3, -0.25) is 0 Å². The van der Waals surface area contributed by atoms with Crippen LogP contribution in [0.1, 0.15) is 26.7 Å². The number of nitrogens with one attached hydrogen (secondary N) is 1. The maximum atomic E-state index is 9.78. The zero-order chi connectivity index (χ0) is 9.45. The highest BCUT2D eigenvalue weighted by atomic mass is 16.5. The number of rotatable bonds is 7. The Balaban J connectivity index is 3.45. The largest absolute Gasteiger partial charge is 0.388 e. The van der Waals surface area contributed by atoms with Gasteiger partial charge in [0.05, 0.1) is 18.8 Å². The Labute approximate surface area is 75.1 Å². The molecular weight excluding hydrogens is 154 g/mol. The molecule has 0 rings (SSSR count). The van der Waals surface area contributed by atoms with Gasteiger partial charge < -0.3 is 15.2 Å². The minimum atomic E-state index is -0.617. The van der Waals surface area contributed by atoms with E-state index in [-0.39, 0.29) is 0 Å². The topological polar surface area (TPSA) is 41.5 Å². The normalized spacial score (nSPS) is 12.0. The van der Waals surface area contributed by atoms with E-state index in [4.69, 9.17) is 4.74 Å². The highest BCUT2D eigenvalue weighted by Gasteiger charge is 2.21. The molecule has 0 atom stereocenters. The average Bonchev–Trinajstić information content (AvgIpc) is 2.12. The van der Waals surface area contributed by atoms with Crippen LogP contribution in [0.5, 0.6) is 0 Å². The first-order valence-electron chi connectivity index (χ1n) is 4.63. The number of likely N-dealkylation sites (N-methyl/N-ethyl adjacent to an activating group) is 1. The molecule has 0 aliphatic carbocycles. The Morgan fingerprint density at radius 3 is 2.33 bits per heavy atom. The monoisotopic (exact) mass is 175 g/mol. The summed E-state index contributed by atoms with van der Waals surface area (Å²) in [6, 6.07) is 0. The number of hydrogen-bond acceptors (Lipinski definition) is 3. The van der Waals surface area contributed by atoms with Gasteiger partial charge in [0.25, 0.3) is 0 Å². The lowest BCUT2D eigenvalue weighted by Gasteiger charge is -2.24. The standard InChI is InChI=1S/C9H21NO2/c1-4-9(11,5-2)8-12-7-6-10-3/h10-11H,4-8H2,1-3H3. The van der Waals surface area contributed by atoms with Gasteiger partial charge >= 0.3 is 0 Å². The van der Waals surface area contributed by atoms with E-state index in [1.807, 2.05) is 20.9 Å². The molecule has 0 saturated carbocycles. The maximum Gasteiger partial charge on any atom is 0.0874 e. The molecule has 0 bridgehead atoms. The Morgan fingerprint density at radius 1 is 1.33 bits per heavy atom. The lowest BCUT2D eigenvalue weighted by molar-refractivity contribution is -0.0500. The van der Waals surface area contributed by atoms with Crippen LogP contribution in [0.2, 0.25) is 0 Å². The first-order valence-corrected chi connectivity index (χ1v) is 4.63. The van der Waals surface area contributed by atoms with Gasteiger partial charge in [0.2, 0.25) is 0 Å². The molecule has 74 valence electrons. The van der Waals surface area contributed by atoms with Gasteiger partial charge in [0.1, 0.15) is 0 Å². The van der Waals surface area contributed by atoms with Gasteiger partial charge in [-0.2, -0.15) is 0 Å². The van der Waals surface area contributed by atoms with E-state index in [0.717, 1.165) is 19.4 Å². The van der Waals surface area contributed by atoms with E-state index in [2.05, 4.69) is 5.32 Å². The summed E-state index contributed by atoms with van der Waals surface area (Å²) in [5, 5.41) is 12.8.